The van der Waals surface area contributed by atoms with Gasteiger partial charge in [0.2, 0.25) is 0 Å². The highest BCUT2D eigenvalue weighted by molar-refractivity contribution is 5.42. The van der Waals surface area contributed by atoms with Crippen LogP contribution in [0, 0.1) is 19.7 Å². The van der Waals surface area contributed by atoms with Crippen LogP contribution in [0.25, 0.3) is 0 Å². The number of hydrogen-bond donors (Lipinski definition) is 2. The summed E-state index contributed by atoms with van der Waals surface area (Å²) in [5.74, 6) is 0.138. The van der Waals surface area contributed by atoms with Crippen LogP contribution >= 0.6 is 0 Å². The number of aromatic hydroxyl groups is 1. The van der Waals surface area contributed by atoms with Gasteiger partial charge in [-0.25, -0.2) is 4.39 Å². The lowest BCUT2D eigenvalue weighted by molar-refractivity contribution is 0.466. The maximum absolute atomic E-state index is 13.2. The third kappa shape index (κ3) is 3.36. The van der Waals surface area contributed by atoms with E-state index in [1.807, 2.05) is 39.0 Å². The van der Waals surface area contributed by atoms with Crippen molar-refractivity contribution in [2.45, 2.75) is 33.4 Å². The van der Waals surface area contributed by atoms with Gasteiger partial charge in [-0.15, -0.1) is 0 Å². The van der Waals surface area contributed by atoms with Crippen LogP contribution in [0.3, 0.4) is 0 Å². The highest BCUT2D eigenvalue weighted by atomic mass is 19.1. The van der Waals surface area contributed by atoms with Crippen LogP contribution < -0.4 is 5.32 Å². The van der Waals surface area contributed by atoms with Gasteiger partial charge in [0.25, 0.3) is 0 Å². The first-order chi connectivity index (χ1) is 9.47. The third-order valence-corrected chi connectivity index (χ3v) is 3.51. The van der Waals surface area contributed by atoms with E-state index in [1.165, 1.54) is 6.07 Å². The number of benzene rings is 2. The molecule has 1 unspecified atom stereocenters. The average molecular weight is 273 g/mol. The van der Waals surface area contributed by atoms with Gasteiger partial charge < -0.3 is 10.4 Å². The Morgan fingerprint density at radius 2 is 1.80 bits per heavy atom. The minimum absolute atomic E-state index is 0.0696. The molecule has 106 valence electrons. The zero-order chi connectivity index (χ0) is 14.7. The summed E-state index contributed by atoms with van der Waals surface area (Å²) in [6, 6.07) is 10.6. The predicted molar refractivity (Wildman–Crippen MR) is 79.2 cm³/mol. The Morgan fingerprint density at radius 1 is 1.15 bits per heavy atom. The Morgan fingerprint density at radius 3 is 2.40 bits per heavy atom. The highest BCUT2D eigenvalue weighted by Gasteiger charge is 2.07. The number of phenolic OH excluding ortho intramolecular Hbond substituents is 1. The van der Waals surface area contributed by atoms with E-state index < -0.39 is 0 Å². The van der Waals surface area contributed by atoms with Crippen molar-refractivity contribution in [2.75, 3.05) is 0 Å². The zero-order valence-corrected chi connectivity index (χ0v) is 12.1. The standard InChI is InChI=1S/C17H20FNO/c1-11-7-14(8-12(2)17(11)20)10-19-13(3)15-5-4-6-16(18)9-15/h4-9,13,19-20H,10H2,1-3H3. The summed E-state index contributed by atoms with van der Waals surface area (Å²) < 4.78 is 13.2. The Hall–Kier alpha value is -1.87. The van der Waals surface area contributed by atoms with Gasteiger partial charge in [-0.1, -0.05) is 24.3 Å². The van der Waals surface area contributed by atoms with E-state index in [9.17, 15) is 9.50 Å². The average Bonchev–Trinajstić information content (AvgIpc) is 2.42. The maximum atomic E-state index is 13.2. The lowest BCUT2D eigenvalue weighted by Gasteiger charge is -2.15. The summed E-state index contributed by atoms with van der Waals surface area (Å²) in [6.45, 7) is 6.47. The van der Waals surface area contributed by atoms with Gasteiger partial charge >= 0.3 is 0 Å². The molecule has 0 spiro atoms. The molecule has 1 atom stereocenters. The minimum atomic E-state index is -0.215. The molecule has 0 aliphatic rings. The Labute approximate surface area is 119 Å². The van der Waals surface area contributed by atoms with E-state index in [1.54, 1.807) is 12.1 Å². The van der Waals surface area contributed by atoms with Crippen LogP contribution in [-0.4, -0.2) is 5.11 Å². The molecule has 2 aromatic carbocycles. The molecule has 0 aliphatic heterocycles. The van der Waals surface area contributed by atoms with E-state index in [4.69, 9.17) is 0 Å². The molecule has 2 rings (SSSR count). The molecule has 0 aliphatic carbocycles. The molecular formula is C17H20FNO. The number of nitrogens with one attached hydrogen (secondary N) is 1. The third-order valence-electron chi connectivity index (χ3n) is 3.51. The fourth-order valence-corrected chi connectivity index (χ4v) is 2.31. The van der Waals surface area contributed by atoms with E-state index in [2.05, 4.69) is 5.32 Å². The van der Waals surface area contributed by atoms with Crippen LogP contribution in [0.1, 0.15) is 35.2 Å². The summed E-state index contributed by atoms with van der Waals surface area (Å²) in [5.41, 5.74) is 3.79. The second kappa shape index (κ2) is 6.06. The lowest BCUT2D eigenvalue weighted by atomic mass is 10.0. The molecule has 20 heavy (non-hydrogen) atoms. The second-order valence-corrected chi connectivity index (χ2v) is 5.24. The fraction of sp³-hybridized carbons (Fsp3) is 0.294. The molecule has 3 heteroatoms. The quantitative estimate of drug-likeness (QED) is 0.882. The Bertz CT molecular complexity index is 587. The largest absolute Gasteiger partial charge is 0.507 e. The molecule has 0 radical (unpaired) electrons. The van der Waals surface area contributed by atoms with E-state index in [-0.39, 0.29) is 11.9 Å². The molecule has 2 aromatic rings. The number of aryl methyl sites for hydroxylation is 2. The Kier molecular flexibility index (Phi) is 4.40. The summed E-state index contributed by atoms with van der Waals surface area (Å²) in [4.78, 5) is 0. The van der Waals surface area contributed by atoms with Gasteiger partial charge in [0, 0.05) is 12.6 Å². The molecule has 0 saturated carbocycles. The van der Waals surface area contributed by atoms with Crippen molar-refractivity contribution in [3.63, 3.8) is 0 Å². The van der Waals surface area contributed by atoms with Crippen molar-refractivity contribution in [3.05, 3.63) is 64.5 Å². The molecule has 2 N–H and O–H groups in total. The van der Waals surface area contributed by atoms with Crippen molar-refractivity contribution in [3.8, 4) is 5.75 Å². The second-order valence-electron chi connectivity index (χ2n) is 5.24. The van der Waals surface area contributed by atoms with Gasteiger partial charge in [0.1, 0.15) is 11.6 Å². The minimum Gasteiger partial charge on any atom is -0.507 e. The highest BCUT2D eigenvalue weighted by Crippen LogP contribution is 2.23. The normalized spacial score (nSPS) is 12.4. The molecule has 0 fully saturated rings. The Balaban J connectivity index is 2.05. The number of halogens is 1. The van der Waals surface area contributed by atoms with Crippen LogP contribution in [-0.2, 0) is 6.54 Å². The summed E-state index contributed by atoms with van der Waals surface area (Å²) in [5, 5.41) is 13.1. The summed E-state index contributed by atoms with van der Waals surface area (Å²) >= 11 is 0. The summed E-state index contributed by atoms with van der Waals surface area (Å²) in [7, 11) is 0. The van der Waals surface area contributed by atoms with Gasteiger partial charge in [0.15, 0.2) is 0 Å². The number of phenols is 1. The van der Waals surface area contributed by atoms with Gasteiger partial charge in [-0.05, 0) is 55.2 Å². The van der Waals surface area contributed by atoms with Crippen molar-refractivity contribution >= 4 is 0 Å². The van der Waals surface area contributed by atoms with Gasteiger partial charge in [0.05, 0.1) is 0 Å². The van der Waals surface area contributed by atoms with Crippen LogP contribution in [0.2, 0.25) is 0 Å². The van der Waals surface area contributed by atoms with E-state index in [0.717, 1.165) is 22.3 Å². The predicted octanol–water partition coefficient (Wildman–Crippen LogP) is 4.00. The molecule has 0 amide bonds. The van der Waals surface area contributed by atoms with Crippen molar-refractivity contribution in [1.29, 1.82) is 0 Å². The summed E-state index contributed by atoms with van der Waals surface area (Å²) in [6.07, 6.45) is 0. The van der Waals surface area contributed by atoms with Crippen molar-refractivity contribution < 1.29 is 9.50 Å². The topological polar surface area (TPSA) is 32.3 Å². The van der Waals surface area contributed by atoms with Crippen LogP contribution in [0.15, 0.2) is 36.4 Å². The van der Waals surface area contributed by atoms with E-state index in [0.29, 0.717) is 12.3 Å². The van der Waals surface area contributed by atoms with Gasteiger partial charge in [-0.2, -0.15) is 0 Å². The molecule has 0 aromatic heterocycles. The number of hydrogen-bond acceptors (Lipinski definition) is 2. The van der Waals surface area contributed by atoms with Crippen molar-refractivity contribution in [2.24, 2.45) is 0 Å². The van der Waals surface area contributed by atoms with Crippen LogP contribution in [0.4, 0.5) is 4.39 Å². The first-order valence-corrected chi connectivity index (χ1v) is 6.75. The lowest BCUT2D eigenvalue weighted by Crippen LogP contribution is -2.18. The van der Waals surface area contributed by atoms with Crippen LogP contribution in [0.5, 0.6) is 5.75 Å². The van der Waals surface area contributed by atoms with Gasteiger partial charge in [-0.3, -0.25) is 0 Å². The maximum Gasteiger partial charge on any atom is 0.123 e. The molecular weight excluding hydrogens is 253 g/mol. The molecule has 0 saturated heterocycles. The first kappa shape index (κ1) is 14.5. The molecule has 2 nitrogen and oxygen atoms in total. The SMILES string of the molecule is Cc1cc(CNC(C)c2cccc(F)c2)cc(C)c1O. The monoisotopic (exact) mass is 273 g/mol. The number of rotatable bonds is 4. The molecule has 0 bridgehead atoms. The molecule has 0 heterocycles. The fourth-order valence-electron chi connectivity index (χ4n) is 2.31. The van der Waals surface area contributed by atoms with Crippen molar-refractivity contribution in [1.82, 2.24) is 5.32 Å². The first-order valence-electron chi connectivity index (χ1n) is 6.75. The smallest absolute Gasteiger partial charge is 0.123 e. The zero-order valence-electron chi connectivity index (χ0n) is 12.1. The van der Waals surface area contributed by atoms with E-state index >= 15 is 0 Å².